The van der Waals surface area contributed by atoms with Gasteiger partial charge < -0.3 is 69.3 Å². The zero-order valence-electron chi connectivity index (χ0n) is 41.0. The first-order valence-electron chi connectivity index (χ1n) is 22.6. The van der Waals surface area contributed by atoms with Crippen molar-refractivity contribution in [2.45, 2.75) is 110 Å². The van der Waals surface area contributed by atoms with Gasteiger partial charge in [-0.1, -0.05) is 96.8 Å². The molecule has 18 heteroatoms. The van der Waals surface area contributed by atoms with Gasteiger partial charge in [-0.25, -0.2) is 14.4 Å². The highest BCUT2D eigenvalue weighted by molar-refractivity contribution is 5.89. The van der Waals surface area contributed by atoms with E-state index in [1.54, 1.807) is 18.2 Å². The van der Waals surface area contributed by atoms with Crippen molar-refractivity contribution in [3.63, 3.8) is 0 Å². The second-order valence-corrected chi connectivity index (χ2v) is 15.4. The maximum absolute atomic E-state index is 10.6. The molecule has 0 radical (unpaired) electrons. The number of hydrogen-bond donors (Lipinski definition) is 8. The number of aliphatic carboxylic acids is 1. The van der Waals surface area contributed by atoms with Gasteiger partial charge in [0, 0.05) is 6.42 Å². The summed E-state index contributed by atoms with van der Waals surface area (Å²) in [5, 5.41) is 68.5. The van der Waals surface area contributed by atoms with E-state index in [1.165, 1.54) is 163 Å². The second kappa shape index (κ2) is 40.3. The molecule has 0 heterocycles. The minimum atomic E-state index is -1.11. The highest BCUT2D eigenvalue weighted by Crippen LogP contribution is 2.29. The highest BCUT2D eigenvalue weighted by atomic mass is 16.5. The van der Waals surface area contributed by atoms with E-state index >= 15 is 0 Å². The topological polar surface area (TPSA) is 285 Å². The van der Waals surface area contributed by atoms with Gasteiger partial charge in [-0.15, -0.1) is 0 Å². The monoisotopic (exact) mass is 967 g/mol. The molecule has 0 spiro atoms. The number of carbonyl (C=O) groups is 4. The van der Waals surface area contributed by atoms with Gasteiger partial charge in [0.1, 0.15) is 0 Å². The Morgan fingerprint density at radius 2 is 0.618 bits per heavy atom. The van der Waals surface area contributed by atoms with Gasteiger partial charge in [-0.3, -0.25) is 4.79 Å². The van der Waals surface area contributed by atoms with Crippen LogP contribution in [0.1, 0.15) is 141 Å². The molecule has 0 aliphatic heterocycles. The summed E-state index contributed by atoms with van der Waals surface area (Å²) in [5.41, 5.74) is -0.576. The van der Waals surface area contributed by atoms with Gasteiger partial charge >= 0.3 is 23.9 Å². The third-order valence-electron chi connectivity index (χ3n) is 10.2. The van der Waals surface area contributed by atoms with Crippen molar-refractivity contribution >= 4 is 23.9 Å². The molecule has 8 N–H and O–H groups in total. The molecule has 18 nitrogen and oxygen atoms in total. The van der Waals surface area contributed by atoms with Crippen molar-refractivity contribution in [3.8, 4) is 34.5 Å². The average Bonchev–Trinajstić information content (AvgIpc) is 3.35. The van der Waals surface area contributed by atoms with Crippen LogP contribution in [0.4, 0.5) is 0 Å². The van der Waals surface area contributed by atoms with Crippen LogP contribution in [-0.2, 0) is 4.79 Å². The zero-order valence-corrected chi connectivity index (χ0v) is 41.0. The number of aromatic carboxylic acids is 3. The first kappa shape index (κ1) is 64.3. The average molecular weight is 967 g/mol. The lowest BCUT2D eigenvalue weighted by molar-refractivity contribution is -0.137. The molecule has 0 aromatic heterocycles. The summed E-state index contributed by atoms with van der Waals surface area (Å²) < 4.78 is 29.7. The molecule has 0 saturated carbocycles. The van der Waals surface area contributed by atoms with Crippen LogP contribution in [0.2, 0.25) is 0 Å². The number of carboxylic acids is 4. The minimum absolute atomic E-state index is 0.178. The SMILES string of the molecule is CCCCCCCCCCCCCCCCCC(=O)O.COc1ccc(C(=O)O)cc1OC.COc1ccc(C(=O)O)cc1OC.COc1ccc(C(=O)O)cc1OC.OCC(CO)(CO)CO. The summed E-state index contributed by atoms with van der Waals surface area (Å²) in [4.78, 5) is 42.1. The van der Waals surface area contributed by atoms with Crippen LogP contribution in [0.25, 0.3) is 0 Å². The predicted octanol–water partition coefficient (Wildman–Crippen LogP) is 8.48. The second-order valence-electron chi connectivity index (χ2n) is 15.4. The van der Waals surface area contributed by atoms with Crippen LogP contribution in [0.5, 0.6) is 34.5 Å². The molecule has 0 amide bonds. The Hall–Kier alpha value is -5.82. The zero-order chi connectivity index (χ0) is 51.8. The molecular formula is C50H78O18. The van der Waals surface area contributed by atoms with Crippen LogP contribution in [0.3, 0.4) is 0 Å². The number of benzene rings is 3. The number of carboxylic acid groups (broad SMARTS) is 4. The Bertz CT molecular complexity index is 1640. The molecule has 0 atom stereocenters. The molecule has 3 aromatic carbocycles. The van der Waals surface area contributed by atoms with Gasteiger partial charge in [0.2, 0.25) is 0 Å². The van der Waals surface area contributed by atoms with Crippen LogP contribution in [0.15, 0.2) is 54.6 Å². The summed E-state index contributed by atoms with van der Waals surface area (Å²) in [6, 6.07) is 13.3. The summed E-state index contributed by atoms with van der Waals surface area (Å²) in [5.74, 6) is -0.790. The molecule has 3 rings (SSSR count). The number of hydrogen-bond acceptors (Lipinski definition) is 14. The minimum Gasteiger partial charge on any atom is -0.493 e. The lowest BCUT2D eigenvalue weighted by Gasteiger charge is -2.23. The van der Waals surface area contributed by atoms with Gasteiger partial charge in [-0.2, -0.15) is 0 Å². The number of aliphatic hydroxyl groups excluding tert-OH is 4. The maximum atomic E-state index is 10.6. The fourth-order valence-corrected chi connectivity index (χ4v) is 5.86. The van der Waals surface area contributed by atoms with Crippen molar-refractivity contribution < 1.29 is 88.5 Å². The van der Waals surface area contributed by atoms with Crippen molar-refractivity contribution in [1.29, 1.82) is 0 Å². The third-order valence-corrected chi connectivity index (χ3v) is 10.2. The number of ether oxygens (including phenoxy) is 6. The normalized spacial score (nSPS) is 10.2. The Kier molecular flexibility index (Phi) is 38.1. The molecule has 0 bridgehead atoms. The molecule has 0 saturated heterocycles. The summed E-state index contributed by atoms with van der Waals surface area (Å²) in [7, 11) is 8.88. The van der Waals surface area contributed by atoms with Crippen molar-refractivity contribution in [2.24, 2.45) is 5.41 Å². The lowest BCUT2D eigenvalue weighted by atomic mass is 9.93. The Labute approximate surface area is 401 Å². The maximum Gasteiger partial charge on any atom is 0.335 e. The summed E-state index contributed by atoms with van der Waals surface area (Å²) in [6.07, 6.45) is 20.2. The molecule has 0 unspecified atom stereocenters. The number of methoxy groups -OCH3 is 6. The molecule has 68 heavy (non-hydrogen) atoms. The van der Waals surface area contributed by atoms with E-state index in [4.69, 9.17) is 69.3 Å². The van der Waals surface area contributed by atoms with Crippen molar-refractivity contribution in [3.05, 3.63) is 71.3 Å². The standard InChI is InChI=1S/C18H36O2.3C9H10O4.C5H12O4/c1-2-3-4-5-6-7-8-9-10-11-12-13-14-15-16-17-18(19)20;3*1-12-7-4-3-6(9(10)11)5-8(7)13-2;6-1-5(2-7,3-8)4-9/h2-17H2,1H3,(H,19,20);3*3-5H,1-2H3,(H,10,11);6-9H,1-4H2. The highest BCUT2D eigenvalue weighted by Gasteiger charge is 2.26. The Morgan fingerprint density at radius 1 is 0.382 bits per heavy atom. The predicted molar refractivity (Wildman–Crippen MR) is 257 cm³/mol. The number of unbranched alkanes of at least 4 members (excludes halogenated alkanes) is 14. The first-order chi connectivity index (χ1) is 32.6. The van der Waals surface area contributed by atoms with E-state index in [1.807, 2.05) is 0 Å². The van der Waals surface area contributed by atoms with E-state index in [9.17, 15) is 19.2 Å². The lowest BCUT2D eigenvalue weighted by Crippen LogP contribution is -2.37. The van der Waals surface area contributed by atoms with Crippen LogP contribution in [-0.4, -0.2) is 134 Å². The fraction of sp³-hybridized carbons (Fsp3) is 0.560. The van der Waals surface area contributed by atoms with E-state index < -0.39 is 55.7 Å². The number of aliphatic hydroxyl groups is 4. The van der Waals surface area contributed by atoms with E-state index in [0.717, 1.165) is 12.8 Å². The van der Waals surface area contributed by atoms with Gasteiger partial charge in [0.15, 0.2) is 34.5 Å². The summed E-state index contributed by atoms with van der Waals surface area (Å²) in [6.45, 7) is 0.645. The summed E-state index contributed by atoms with van der Waals surface area (Å²) >= 11 is 0. The smallest absolute Gasteiger partial charge is 0.335 e. The Balaban J connectivity index is 0. The van der Waals surface area contributed by atoms with Crippen molar-refractivity contribution in [1.82, 2.24) is 0 Å². The van der Waals surface area contributed by atoms with E-state index in [2.05, 4.69) is 6.92 Å². The number of rotatable bonds is 29. The van der Waals surface area contributed by atoms with Crippen molar-refractivity contribution in [2.75, 3.05) is 69.1 Å². The van der Waals surface area contributed by atoms with Gasteiger partial charge in [-0.05, 0) is 61.0 Å². The fourth-order valence-electron chi connectivity index (χ4n) is 5.86. The Morgan fingerprint density at radius 3 is 0.794 bits per heavy atom. The van der Waals surface area contributed by atoms with E-state index in [-0.39, 0.29) is 16.7 Å². The van der Waals surface area contributed by atoms with Gasteiger partial charge in [0.05, 0.1) is 91.2 Å². The molecule has 0 aliphatic carbocycles. The van der Waals surface area contributed by atoms with Crippen LogP contribution >= 0.6 is 0 Å². The molecule has 0 fully saturated rings. The van der Waals surface area contributed by atoms with Crippen LogP contribution < -0.4 is 28.4 Å². The quantitative estimate of drug-likeness (QED) is 0.0303. The van der Waals surface area contributed by atoms with E-state index in [0.29, 0.717) is 40.9 Å². The third kappa shape index (κ3) is 28.4. The first-order valence-corrected chi connectivity index (χ1v) is 22.6. The molecule has 0 aliphatic rings. The van der Waals surface area contributed by atoms with Gasteiger partial charge in [0.25, 0.3) is 0 Å². The largest absolute Gasteiger partial charge is 0.493 e. The molecular weight excluding hydrogens is 889 g/mol. The van der Waals surface area contributed by atoms with Crippen LogP contribution in [0, 0.1) is 5.41 Å². The molecule has 386 valence electrons. The molecule has 3 aromatic rings.